The summed E-state index contributed by atoms with van der Waals surface area (Å²) in [5, 5.41) is 3.08. The van der Waals surface area contributed by atoms with Crippen LogP contribution in [-0.4, -0.2) is 13.1 Å². The normalized spacial score (nSPS) is 9.73. The van der Waals surface area contributed by atoms with Crippen LogP contribution in [0.15, 0.2) is 29.5 Å². The van der Waals surface area contributed by atoms with Gasteiger partial charge in [0, 0.05) is 4.91 Å². The molecule has 0 atom stereocenters. The Morgan fingerprint density at radius 3 is 2.82 bits per heavy atom. The van der Waals surface area contributed by atoms with Gasteiger partial charge in [0.15, 0.2) is 0 Å². The smallest absolute Gasteiger partial charge is 0.340 e. The monoisotopic (exact) mass is 153 g/mol. The SMILES string of the molecule is C=C/C=C(\N=[N+]=[N-])C(=O)OC. The maximum absolute atomic E-state index is 10.7. The molecule has 0 unspecified atom stereocenters. The van der Waals surface area contributed by atoms with Crippen molar-refractivity contribution in [2.75, 3.05) is 7.11 Å². The van der Waals surface area contributed by atoms with Crippen LogP contribution in [-0.2, 0) is 9.53 Å². The molecule has 0 fully saturated rings. The van der Waals surface area contributed by atoms with Gasteiger partial charge in [0.25, 0.3) is 0 Å². The minimum absolute atomic E-state index is 0.106. The highest BCUT2D eigenvalue weighted by molar-refractivity contribution is 5.88. The lowest BCUT2D eigenvalue weighted by Crippen LogP contribution is -2.01. The van der Waals surface area contributed by atoms with Crippen LogP contribution in [0, 0.1) is 0 Å². The molecule has 0 aliphatic heterocycles. The first-order valence-electron chi connectivity index (χ1n) is 2.72. The molecule has 0 N–H and O–H groups in total. The fourth-order valence-electron chi connectivity index (χ4n) is 0.407. The Balaban J connectivity index is 4.59. The van der Waals surface area contributed by atoms with Gasteiger partial charge in [0.1, 0.15) is 5.70 Å². The number of carbonyl (C=O) groups excluding carboxylic acids is 1. The Morgan fingerprint density at radius 1 is 1.82 bits per heavy atom. The lowest BCUT2D eigenvalue weighted by Gasteiger charge is -1.94. The molecular formula is C6H7N3O2. The average Bonchev–Trinajstić information content (AvgIpc) is 2.03. The minimum atomic E-state index is -0.678. The van der Waals surface area contributed by atoms with E-state index in [0.29, 0.717) is 0 Å². The van der Waals surface area contributed by atoms with E-state index in [1.165, 1.54) is 19.3 Å². The van der Waals surface area contributed by atoms with Crippen molar-refractivity contribution >= 4 is 5.97 Å². The van der Waals surface area contributed by atoms with Crippen molar-refractivity contribution in [3.8, 4) is 0 Å². The highest BCUT2D eigenvalue weighted by atomic mass is 16.5. The van der Waals surface area contributed by atoms with E-state index in [9.17, 15) is 4.79 Å². The maximum atomic E-state index is 10.7. The number of hydrogen-bond acceptors (Lipinski definition) is 3. The molecule has 0 bridgehead atoms. The van der Waals surface area contributed by atoms with Crippen molar-refractivity contribution in [1.82, 2.24) is 0 Å². The zero-order valence-corrected chi connectivity index (χ0v) is 6.02. The molecule has 0 aliphatic rings. The van der Waals surface area contributed by atoms with E-state index in [-0.39, 0.29) is 5.70 Å². The summed E-state index contributed by atoms with van der Waals surface area (Å²) in [6.45, 7) is 3.33. The molecule has 0 spiro atoms. The number of hydrogen-bond donors (Lipinski definition) is 0. The number of esters is 1. The number of ether oxygens (including phenoxy) is 1. The number of nitrogens with zero attached hydrogens (tertiary/aromatic N) is 3. The molecule has 0 aromatic carbocycles. The largest absolute Gasteiger partial charge is 0.466 e. The second kappa shape index (κ2) is 5.08. The second-order valence-corrected chi connectivity index (χ2v) is 1.47. The molecule has 0 saturated heterocycles. The number of rotatable bonds is 3. The number of methoxy groups -OCH3 is 1. The first-order valence-corrected chi connectivity index (χ1v) is 2.72. The van der Waals surface area contributed by atoms with Gasteiger partial charge in [0.05, 0.1) is 7.11 Å². The molecule has 0 aromatic rings. The Bertz CT molecular complexity index is 238. The van der Waals surface area contributed by atoms with Crippen molar-refractivity contribution in [1.29, 1.82) is 0 Å². The van der Waals surface area contributed by atoms with E-state index < -0.39 is 5.97 Å². The molecule has 0 aromatic heterocycles. The highest BCUT2D eigenvalue weighted by Crippen LogP contribution is 1.99. The van der Waals surface area contributed by atoms with Crippen molar-refractivity contribution < 1.29 is 9.53 Å². The molecule has 11 heavy (non-hydrogen) atoms. The maximum Gasteiger partial charge on any atom is 0.340 e. The molecule has 0 rings (SSSR count). The fourth-order valence-corrected chi connectivity index (χ4v) is 0.407. The number of carbonyl (C=O) groups is 1. The quantitative estimate of drug-likeness (QED) is 0.154. The zero-order valence-electron chi connectivity index (χ0n) is 6.02. The van der Waals surface area contributed by atoms with Gasteiger partial charge >= 0.3 is 5.97 Å². The number of azide groups is 1. The van der Waals surface area contributed by atoms with Gasteiger partial charge in [-0.2, -0.15) is 0 Å². The summed E-state index contributed by atoms with van der Waals surface area (Å²) in [5.74, 6) is -0.678. The van der Waals surface area contributed by atoms with Gasteiger partial charge in [-0.25, -0.2) is 4.79 Å². The topological polar surface area (TPSA) is 75.1 Å². The van der Waals surface area contributed by atoms with Crippen molar-refractivity contribution in [2.45, 2.75) is 0 Å². The lowest BCUT2D eigenvalue weighted by molar-refractivity contribution is -0.136. The van der Waals surface area contributed by atoms with Gasteiger partial charge in [-0.15, -0.1) is 0 Å². The average molecular weight is 153 g/mol. The van der Waals surface area contributed by atoms with Gasteiger partial charge in [0.2, 0.25) is 0 Å². The Hall–Kier alpha value is -1.74. The predicted octanol–water partition coefficient (Wildman–Crippen LogP) is 1.54. The highest BCUT2D eigenvalue weighted by Gasteiger charge is 2.04. The van der Waals surface area contributed by atoms with Gasteiger partial charge < -0.3 is 4.74 Å². The first-order chi connectivity index (χ1) is 5.26. The Morgan fingerprint density at radius 2 is 2.45 bits per heavy atom. The summed E-state index contributed by atoms with van der Waals surface area (Å²) in [4.78, 5) is 13.1. The third kappa shape index (κ3) is 3.07. The molecule has 0 aliphatic carbocycles. The minimum Gasteiger partial charge on any atom is -0.466 e. The molecule has 58 valence electrons. The molecule has 5 heteroatoms. The van der Waals surface area contributed by atoms with E-state index in [1.807, 2.05) is 0 Å². The van der Waals surface area contributed by atoms with Gasteiger partial charge in [-0.3, -0.25) is 0 Å². The number of allylic oxidation sites excluding steroid dienone is 2. The molecular weight excluding hydrogens is 146 g/mol. The van der Waals surface area contributed by atoms with Crippen LogP contribution in [0.25, 0.3) is 10.4 Å². The van der Waals surface area contributed by atoms with E-state index in [0.717, 1.165) is 0 Å². The fraction of sp³-hybridized carbons (Fsp3) is 0.167. The molecule has 0 radical (unpaired) electrons. The summed E-state index contributed by atoms with van der Waals surface area (Å²) < 4.78 is 4.30. The second-order valence-electron chi connectivity index (χ2n) is 1.47. The third-order valence-corrected chi connectivity index (χ3v) is 0.823. The summed E-state index contributed by atoms with van der Waals surface area (Å²) in [6.07, 6.45) is 2.60. The van der Waals surface area contributed by atoms with Gasteiger partial charge in [-0.1, -0.05) is 17.8 Å². The van der Waals surface area contributed by atoms with Crippen LogP contribution in [0.3, 0.4) is 0 Å². The van der Waals surface area contributed by atoms with E-state index >= 15 is 0 Å². The summed E-state index contributed by atoms with van der Waals surface area (Å²) in [5.41, 5.74) is 7.88. The molecule has 5 nitrogen and oxygen atoms in total. The molecule has 0 saturated carbocycles. The van der Waals surface area contributed by atoms with E-state index in [1.54, 1.807) is 0 Å². The van der Waals surface area contributed by atoms with Gasteiger partial charge in [-0.05, 0) is 11.6 Å². The summed E-state index contributed by atoms with van der Waals surface area (Å²) in [6, 6.07) is 0. The van der Waals surface area contributed by atoms with Crippen LogP contribution in [0.1, 0.15) is 0 Å². The zero-order chi connectivity index (χ0) is 8.69. The van der Waals surface area contributed by atoms with E-state index in [4.69, 9.17) is 5.53 Å². The molecule has 0 heterocycles. The predicted molar refractivity (Wildman–Crippen MR) is 39.4 cm³/mol. The summed E-state index contributed by atoms with van der Waals surface area (Å²) in [7, 11) is 1.20. The van der Waals surface area contributed by atoms with Crippen LogP contribution >= 0.6 is 0 Å². The standard InChI is InChI=1S/C6H7N3O2/c1-3-4-5(8-9-7)6(10)11-2/h3-4H,1H2,2H3/b5-4-. The van der Waals surface area contributed by atoms with Crippen LogP contribution in [0.2, 0.25) is 0 Å². The third-order valence-electron chi connectivity index (χ3n) is 0.823. The Kier molecular flexibility index (Phi) is 4.27. The van der Waals surface area contributed by atoms with Crippen LogP contribution < -0.4 is 0 Å². The molecule has 0 amide bonds. The van der Waals surface area contributed by atoms with Crippen molar-refractivity contribution in [3.05, 3.63) is 34.9 Å². The first kappa shape index (κ1) is 9.26. The Labute approximate surface area is 63.6 Å². The van der Waals surface area contributed by atoms with Crippen molar-refractivity contribution in [3.63, 3.8) is 0 Å². The van der Waals surface area contributed by atoms with Crippen molar-refractivity contribution in [2.24, 2.45) is 5.11 Å². The van der Waals surface area contributed by atoms with Crippen LogP contribution in [0.5, 0.6) is 0 Å². The summed E-state index contributed by atoms with van der Waals surface area (Å²) >= 11 is 0. The lowest BCUT2D eigenvalue weighted by atomic mass is 10.4. The van der Waals surface area contributed by atoms with Crippen LogP contribution in [0.4, 0.5) is 0 Å². The van der Waals surface area contributed by atoms with E-state index in [2.05, 4.69) is 21.3 Å².